The highest BCUT2D eigenvalue weighted by Gasteiger charge is 1.27. The van der Waals surface area contributed by atoms with Gasteiger partial charge in [-0.15, -0.1) is 0 Å². The van der Waals surface area contributed by atoms with Gasteiger partial charge >= 0.3 is 0 Å². The third-order valence-corrected chi connectivity index (χ3v) is 0. The van der Waals surface area contributed by atoms with Gasteiger partial charge in [-0.3, -0.25) is 0 Å². The van der Waals surface area contributed by atoms with Crippen molar-refractivity contribution in [2.45, 2.75) is 0 Å². The molecular weight excluding hydrogens is 62.0 g/mol. The summed E-state index contributed by atoms with van der Waals surface area (Å²) in [6, 6.07) is 0. The third-order valence-electron chi connectivity index (χ3n) is 0. The van der Waals surface area contributed by atoms with E-state index in [1.165, 1.54) is 0 Å². The minimum atomic E-state index is 0. The fourth-order valence-corrected chi connectivity index (χ4v) is 0. The Morgan fingerprint density at radius 3 is 1.75 bits per heavy atom. The van der Waals surface area contributed by atoms with Crippen molar-refractivity contribution < 1.29 is 5.26 Å². The Bertz CT molecular complexity index is 10.8. The van der Waals surface area contributed by atoms with Crippen molar-refractivity contribution in [3.05, 3.63) is 9.71 Å². The van der Waals surface area contributed by atoms with Crippen LogP contribution in [0, 0.1) is 9.71 Å². The summed E-state index contributed by atoms with van der Waals surface area (Å²) in [4.78, 5) is 7.88. The van der Waals surface area contributed by atoms with Crippen molar-refractivity contribution in [3.63, 3.8) is 0 Å². The van der Waals surface area contributed by atoms with E-state index in [2.05, 4.69) is 0 Å². The summed E-state index contributed by atoms with van der Waals surface area (Å²) in [5.74, 6) is 0. The van der Waals surface area contributed by atoms with Gasteiger partial charge < -0.3 is 6.15 Å². The Balaban J connectivity index is 0. The van der Waals surface area contributed by atoms with Crippen molar-refractivity contribution >= 4 is 0 Å². The SMILES string of the molecule is N.O=[O+][O-]. The Morgan fingerprint density at radius 2 is 1.75 bits per heavy atom. The molecule has 26 valence electrons. The van der Waals surface area contributed by atoms with Crippen molar-refractivity contribution in [2.75, 3.05) is 0 Å². The molecule has 0 bridgehead atoms. The molecular formula is H3NO3. The molecule has 4 heteroatoms. The molecule has 0 aromatic carbocycles. The molecule has 0 amide bonds. The first kappa shape index (κ1) is 10.1. The molecule has 0 aliphatic rings. The van der Waals surface area contributed by atoms with Gasteiger partial charge in [-0.05, 0) is 0 Å². The second-order valence-corrected chi connectivity index (χ2v) is 0.0680. The standard InChI is InChI=1S/H3N.O3/c;1-3-2/h1H3;. The predicted molar refractivity (Wildman–Crippen MR) is 11.8 cm³/mol. The van der Waals surface area contributed by atoms with E-state index >= 15 is 0 Å². The number of rotatable bonds is 0. The van der Waals surface area contributed by atoms with Gasteiger partial charge in [0.15, 0.2) is 4.75 Å². The van der Waals surface area contributed by atoms with E-state index < -0.39 is 0 Å². The first-order valence-corrected chi connectivity index (χ1v) is 0.333. The molecule has 0 aliphatic carbocycles. The normalized spacial score (nSPS) is 3.00. The molecule has 0 unspecified atom stereocenters. The predicted octanol–water partition coefficient (Wildman–Crippen LogP) is -0.960. The van der Waals surface area contributed by atoms with Crippen molar-refractivity contribution in [1.29, 1.82) is 0 Å². The molecule has 0 aliphatic heterocycles. The van der Waals surface area contributed by atoms with Gasteiger partial charge in [-0.2, -0.15) is 0 Å². The smallest absolute Gasteiger partial charge is 0.154 e. The lowest BCUT2D eigenvalue weighted by Crippen LogP contribution is -1.82. The van der Waals surface area contributed by atoms with E-state index in [9.17, 15) is 0 Å². The minimum absolute atomic E-state index is 0. The van der Waals surface area contributed by atoms with Crippen LogP contribution >= 0.6 is 0 Å². The molecule has 0 radical (unpaired) electrons. The van der Waals surface area contributed by atoms with Gasteiger partial charge in [0.05, 0.1) is 0 Å². The van der Waals surface area contributed by atoms with Crippen LogP contribution < -0.4 is 11.4 Å². The molecule has 0 saturated carbocycles. The van der Waals surface area contributed by atoms with Gasteiger partial charge in [0.2, 0.25) is 0 Å². The van der Waals surface area contributed by atoms with E-state index in [1.54, 1.807) is 4.75 Å². The average molecular weight is 65.0 g/mol. The molecule has 0 fully saturated rings. The van der Waals surface area contributed by atoms with Crippen molar-refractivity contribution in [2.24, 2.45) is 0 Å². The summed E-state index contributed by atoms with van der Waals surface area (Å²) in [6.07, 6.45) is 0. The minimum Gasteiger partial charge on any atom is -0.344 e. The second-order valence-electron chi connectivity index (χ2n) is 0.0680. The molecule has 0 rings (SSSR count). The first-order valence-electron chi connectivity index (χ1n) is 0.333. The summed E-state index contributed by atoms with van der Waals surface area (Å²) >= 11 is 0. The second kappa shape index (κ2) is 33.7. The maximum absolute atomic E-state index is 7.88. The van der Waals surface area contributed by atoms with Crippen LogP contribution in [-0.2, 0) is 0 Å². The largest absolute Gasteiger partial charge is 0.344 e. The van der Waals surface area contributed by atoms with Crippen LogP contribution in [0.15, 0.2) is 0 Å². The zero-order valence-corrected chi connectivity index (χ0v) is 1.93. The topological polar surface area (TPSA) is 86.4 Å². The average Bonchev–Trinajstić information content (AvgIpc) is 0.918. The summed E-state index contributed by atoms with van der Waals surface area (Å²) in [6.45, 7) is 0. The highest BCUT2D eigenvalue weighted by atomic mass is 17.2. The van der Waals surface area contributed by atoms with Gasteiger partial charge in [-0.1, -0.05) is 10.2 Å². The lowest BCUT2D eigenvalue weighted by molar-refractivity contribution is -0.284. The van der Waals surface area contributed by atoms with Crippen LogP contribution in [0.2, 0.25) is 0 Å². The van der Waals surface area contributed by atoms with Crippen LogP contribution in [-0.4, -0.2) is 0 Å². The van der Waals surface area contributed by atoms with Crippen molar-refractivity contribution in [3.8, 4) is 0 Å². The van der Waals surface area contributed by atoms with Crippen LogP contribution in [0.1, 0.15) is 0 Å². The molecule has 4 nitrogen and oxygen atoms in total. The molecule has 0 spiro atoms. The van der Waals surface area contributed by atoms with E-state index in [1.807, 2.05) is 0 Å². The highest BCUT2D eigenvalue weighted by Crippen LogP contribution is 1.00. The van der Waals surface area contributed by atoms with Gasteiger partial charge in [-0.25, -0.2) is 0 Å². The van der Waals surface area contributed by atoms with Crippen LogP contribution in [0.5, 0.6) is 0 Å². The van der Waals surface area contributed by atoms with E-state index in [0.717, 1.165) is 0 Å². The summed E-state index contributed by atoms with van der Waals surface area (Å²) in [7, 11) is 0. The molecule has 0 heterocycles. The number of hydrogen-bond acceptors (Lipinski definition) is 3. The lowest BCUT2D eigenvalue weighted by Gasteiger charge is -1.19. The zero-order chi connectivity index (χ0) is 2.71. The van der Waals surface area contributed by atoms with Crippen molar-refractivity contribution in [1.82, 2.24) is 6.15 Å². The lowest BCUT2D eigenvalue weighted by atomic mass is 14.0. The molecule has 0 atom stereocenters. The molecule has 4 heavy (non-hydrogen) atoms. The summed E-state index contributed by atoms with van der Waals surface area (Å²) in [5.41, 5.74) is 0. The Morgan fingerprint density at radius 1 is 1.75 bits per heavy atom. The Hall–Kier alpha value is -0.640. The highest BCUT2D eigenvalue weighted by molar-refractivity contribution is 4.20. The fourth-order valence-electron chi connectivity index (χ4n) is 0. The Kier molecular flexibility index (Phi) is 85.2. The monoisotopic (exact) mass is 65.0 g/mol. The summed E-state index contributed by atoms with van der Waals surface area (Å²) < 4.78 is 1.75. The fraction of sp³-hybridized carbons (Fsp3) is 0. The molecule has 0 aromatic rings. The molecule has 0 saturated heterocycles. The van der Waals surface area contributed by atoms with E-state index in [4.69, 9.17) is 10.2 Å². The Labute approximate surface area is 22.5 Å². The van der Waals surface area contributed by atoms with Gasteiger partial charge in [0, 0.05) is 0 Å². The molecule has 0 aromatic heterocycles. The maximum atomic E-state index is 7.88. The first-order chi connectivity index (χ1) is 1.41. The van der Waals surface area contributed by atoms with Crippen LogP contribution in [0.4, 0.5) is 0 Å². The summed E-state index contributed by atoms with van der Waals surface area (Å²) in [5, 5.41) is 7.88. The van der Waals surface area contributed by atoms with Gasteiger partial charge in [0.1, 0.15) is 0 Å². The maximum Gasteiger partial charge on any atom is 0.154 e. The number of hydrogen-bond donors (Lipinski definition) is 1. The zero-order valence-electron chi connectivity index (χ0n) is 1.93. The van der Waals surface area contributed by atoms with E-state index in [0.29, 0.717) is 0 Å². The van der Waals surface area contributed by atoms with Crippen LogP contribution in [0.25, 0.3) is 0 Å². The molecule has 3 N–H and O–H groups in total. The van der Waals surface area contributed by atoms with Gasteiger partial charge in [0.25, 0.3) is 0 Å². The third kappa shape index (κ3) is 0.430. The quantitative estimate of drug-likeness (QED) is 0.224. The van der Waals surface area contributed by atoms with E-state index in [-0.39, 0.29) is 6.15 Å². The van der Waals surface area contributed by atoms with Crippen LogP contribution in [0.3, 0.4) is 0 Å².